The molecule has 1 heterocycles. The predicted molar refractivity (Wildman–Crippen MR) is 120 cm³/mol. The number of allylic oxidation sites excluding steroid dienone is 3. The summed E-state index contributed by atoms with van der Waals surface area (Å²) in [4.78, 5) is 15.5. The second-order valence-corrected chi connectivity index (χ2v) is 7.88. The van der Waals surface area contributed by atoms with Crippen LogP contribution in [0.4, 0.5) is 10.1 Å². The number of anilines is 1. The fourth-order valence-electron chi connectivity index (χ4n) is 3.88. The lowest BCUT2D eigenvalue weighted by molar-refractivity contribution is 0.0697. The second kappa shape index (κ2) is 10.2. The number of carboxylic acids is 1. The lowest BCUT2D eigenvalue weighted by Gasteiger charge is -2.27. The van der Waals surface area contributed by atoms with Gasteiger partial charge in [0.2, 0.25) is 0 Å². The van der Waals surface area contributed by atoms with E-state index in [4.69, 9.17) is 4.74 Å². The van der Waals surface area contributed by atoms with Crippen LogP contribution in [0.2, 0.25) is 0 Å². The van der Waals surface area contributed by atoms with Gasteiger partial charge >= 0.3 is 5.97 Å². The summed E-state index contributed by atoms with van der Waals surface area (Å²) in [6, 6.07) is 6.05. The maximum atomic E-state index is 13.4. The molecule has 1 aromatic heterocycles. The van der Waals surface area contributed by atoms with Crippen LogP contribution in [-0.2, 0) is 0 Å². The Bertz CT molecular complexity index is 1010. The van der Waals surface area contributed by atoms with Crippen molar-refractivity contribution in [3.05, 3.63) is 76.6 Å². The molecule has 164 valence electrons. The molecule has 0 amide bonds. The molecule has 0 aliphatic heterocycles. The molecule has 3 rings (SSSR count). The molecular formula is C25H29FN2O3. The summed E-state index contributed by atoms with van der Waals surface area (Å²) in [6.45, 7) is 6.66. The van der Waals surface area contributed by atoms with E-state index < -0.39 is 5.97 Å². The van der Waals surface area contributed by atoms with Crippen LogP contribution in [-0.4, -0.2) is 22.6 Å². The number of ether oxygens (including phenoxy) is 1. The van der Waals surface area contributed by atoms with E-state index in [2.05, 4.69) is 23.3 Å². The predicted octanol–water partition coefficient (Wildman–Crippen LogP) is 6.13. The molecule has 0 bridgehead atoms. The highest BCUT2D eigenvalue weighted by molar-refractivity contribution is 5.93. The lowest BCUT2D eigenvalue weighted by Crippen LogP contribution is -2.20. The van der Waals surface area contributed by atoms with E-state index in [1.54, 1.807) is 12.3 Å². The minimum atomic E-state index is -0.967. The van der Waals surface area contributed by atoms with E-state index in [9.17, 15) is 14.3 Å². The summed E-state index contributed by atoms with van der Waals surface area (Å²) in [5.41, 5.74) is 4.06. The summed E-state index contributed by atoms with van der Waals surface area (Å²) in [5, 5.41) is 12.6. The van der Waals surface area contributed by atoms with Gasteiger partial charge in [-0.2, -0.15) is 0 Å². The molecule has 1 atom stereocenters. The Morgan fingerprint density at radius 2 is 2.16 bits per heavy atom. The Morgan fingerprint density at radius 1 is 1.35 bits per heavy atom. The molecule has 0 radical (unpaired) electrons. The highest BCUT2D eigenvalue weighted by Gasteiger charge is 2.20. The van der Waals surface area contributed by atoms with E-state index in [0.29, 0.717) is 23.9 Å². The van der Waals surface area contributed by atoms with Crippen LogP contribution in [0.1, 0.15) is 55.5 Å². The van der Waals surface area contributed by atoms with Gasteiger partial charge in [0.1, 0.15) is 17.3 Å². The standard InChI is InChI=1S/C25H29FN2O3/c1-4-21(31-24-9-8-20(26)12-16(24)2)13-18-6-5-7-19(17(18)3)14-28-23-15-27-11-10-22(23)25(29)30/h8-13,15,19,28H,4-7,14H2,1-3H3,(H,29,30)/b21-13+/t19-/m0/s1. The molecule has 6 heteroatoms. The third-order valence-electron chi connectivity index (χ3n) is 5.77. The van der Waals surface area contributed by atoms with Crippen molar-refractivity contribution in [3.63, 3.8) is 0 Å². The number of aromatic nitrogens is 1. The maximum Gasteiger partial charge on any atom is 0.337 e. The highest BCUT2D eigenvalue weighted by atomic mass is 19.1. The number of benzene rings is 1. The molecule has 0 unspecified atom stereocenters. The number of pyridine rings is 1. The molecule has 0 fully saturated rings. The first-order valence-electron chi connectivity index (χ1n) is 10.6. The van der Waals surface area contributed by atoms with Gasteiger partial charge in [0.25, 0.3) is 0 Å². The van der Waals surface area contributed by atoms with E-state index in [1.165, 1.54) is 35.5 Å². The number of aromatic carboxylic acids is 1. The number of carboxylic acid groups (broad SMARTS) is 1. The van der Waals surface area contributed by atoms with Crippen molar-refractivity contribution in [1.82, 2.24) is 4.98 Å². The SMILES string of the molecule is CC/C(=C\C1=C(C)[C@H](CNc2cnccc2C(=O)O)CCC1)Oc1ccc(F)cc1C. The Balaban J connectivity index is 1.76. The third kappa shape index (κ3) is 5.72. The molecule has 2 N–H and O–H groups in total. The summed E-state index contributed by atoms with van der Waals surface area (Å²) in [7, 11) is 0. The number of rotatable bonds is 8. The van der Waals surface area contributed by atoms with Crippen LogP contribution in [0.15, 0.2) is 59.6 Å². The zero-order valence-electron chi connectivity index (χ0n) is 18.2. The van der Waals surface area contributed by atoms with Gasteiger partial charge in [-0.1, -0.05) is 12.5 Å². The van der Waals surface area contributed by atoms with Crippen molar-refractivity contribution in [2.45, 2.75) is 46.5 Å². The summed E-state index contributed by atoms with van der Waals surface area (Å²) in [6.07, 6.45) is 8.95. The van der Waals surface area contributed by atoms with Crippen molar-refractivity contribution in [2.75, 3.05) is 11.9 Å². The molecule has 5 nitrogen and oxygen atoms in total. The lowest BCUT2D eigenvalue weighted by atomic mass is 9.83. The molecule has 0 saturated heterocycles. The van der Waals surface area contributed by atoms with Gasteiger partial charge in [-0.05, 0) is 80.5 Å². The fourth-order valence-corrected chi connectivity index (χ4v) is 3.88. The van der Waals surface area contributed by atoms with E-state index in [-0.39, 0.29) is 11.4 Å². The third-order valence-corrected chi connectivity index (χ3v) is 5.77. The summed E-state index contributed by atoms with van der Waals surface area (Å²) < 4.78 is 19.5. The minimum absolute atomic E-state index is 0.226. The van der Waals surface area contributed by atoms with Crippen molar-refractivity contribution < 1.29 is 19.0 Å². The first kappa shape index (κ1) is 22.5. The molecule has 1 aliphatic rings. The molecule has 31 heavy (non-hydrogen) atoms. The van der Waals surface area contributed by atoms with Crippen molar-refractivity contribution in [2.24, 2.45) is 5.92 Å². The Morgan fingerprint density at radius 3 is 2.87 bits per heavy atom. The molecule has 2 aromatic rings. The van der Waals surface area contributed by atoms with Crippen molar-refractivity contribution in [3.8, 4) is 5.75 Å². The number of nitrogens with zero attached hydrogens (tertiary/aromatic N) is 1. The van der Waals surface area contributed by atoms with Gasteiger partial charge in [0, 0.05) is 19.2 Å². The van der Waals surface area contributed by atoms with E-state index >= 15 is 0 Å². The van der Waals surface area contributed by atoms with Gasteiger partial charge in [0.15, 0.2) is 0 Å². The van der Waals surface area contributed by atoms with Crippen LogP contribution in [0, 0.1) is 18.7 Å². The van der Waals surface area contributed by atoms with Crippen LogP contribution in [0.25, 0.3) is 0 Å². The molecular weight excluding hydrogens is 395 g/mol. The Hall–Kier alpha value is -3.15. The number of aryl methyl sites for hydroxylation is 1. The zero-order valence-corrected chi connectivity index (χ0v) is 18.2. The highest BCUT2D eigenvalue weighted by Crippen LogP contribution is 2.33. The van der Waals surface area contributed by atoms with Gasteiger partial charge in [0.05, 0.1) is 17.4 Å². The van der Waals surface area contributed by atoms with Crippen LogP contribution in [0.3, 0.4) is 0 Å². The Kier molecular flexibility index (Phi) is 7.45. The first-order valence-corrected chi connectivity index (χ1v) is 10.6. The van der Waals surface area contributed by atoms with Crippen molar-refractivity contribution in [1.29, 1.82) is 0 Å². The van der Waals surface area contributed by atoms with Crippen LogP contribution in [0.5, 0.6) is 5.75 Å². The molecule has 0 spiro atoms. The van der Waals surface area contributed by atoms with Crippen LogP contribution < -0.4 is 10.1 Å². The monoisotopic (exact) mass is 424 g/mol. The number of nitrogens with one attached hydrogen (secondary N) is 1. The molecule has 0 saturated carbocycles. The van der Waals surface area contributed by atoms with Gasteiger partial charge < -0.3 is 15.2 Å². The number of hydrogen-bond acceptors (Lipinski definition) is 4. The van der Waals surface area contributed by atoms with Crippen molar-refractivity contribution >= 4 is 11.7 Å². The number of hydrogen-bond donors (Lipinski definition) is 2. The quantitative estimate of drug-likeness (QED) is 0.499. The molecule has 1 aliphatic carbocycles. The maximum absolute atomic E-state index is 13.4. The van der Waals surface area contributed by atoms with Crippen LogP contribution >= 0.6 is 0 Å². The summed E-state index contributed by atoms with van der Waals surface area (Å²) >= 11 is 0. The number of carbonyl (C=O) groups is 1. The van der Waals surface area contributed by atoms with Gasteiger partial charge in [-0.25, -0.2) is 9.18 Å². The van der Waals surface area contributed by atoms with Gasteiger partial charge in [-0.3, -0.25) is 4.98 Å². The van der Waals surface area contributed by atoms with E-state index in [0.717, 1.165) is 37.0 Å². The minimum Gasteiger partial charge on any atom is -0.478 e. The molecule has 1 aromatic carbocycles. The smallest absolute Gasteiger partial charge is 0.337 e. The van der Waals surface area contributed by atoms with Gasteiger partial charge in [-0.15, -0.1) is 0 Å². The topological polar surface area (TPSA) is 71.5 Å². The Labute approximate surface area is 182 Å². The average molecular weight is 425 g/mol. The first-order chi connectivity index (χ1) is 14.9. The second-order valence-electron chi connectivity index (χ2n) is 7.88. The largest absolute Gasteiger partial charge is 0.478 e. The van der Waals surface area contributed by atoms with E-state index in [1.807, 2.05) is 13.8 Å². The summed E-state index contributed by atoms with van der Waals surface area (Å²) in [5.74, 6) is 0.572. The zero-order chi connectivity index (χ0) is 22.4. The number of halogens is 1. The fraction of sp³-hybridized carbons (Fsp3) is 0.360. The normalized spacial score (nSPS) is 16.9. The average Bonchev–Trinajstić information content (AvgIpc) is 2.75.